The molecule has 0 aliphatic heterocycles. The van der Waals surface area contributed by atoms with Gasteiger partial charge in [0.15, 0.2) is 0 Å². The number of halogens is 2. The molecule has 0 fully saturated rings. The number of thiophene rings is 1. The molecule has 2 aromatic rings. The molecular formula is C10H9F2NS. The van der Waals surface area contributed by atoms with Crippen LogP contribution in [0.1, 0.15) is 17.6 Å². The highest BCUT2D eigenvalue weighted by Gasteiger charge is 2.15. The Labute approximate surface area is 84.2 Å². The molecule has 1 aromatic heterocycles. The smallest absolute Gasteiger partial charge is 0.264 e. The molecule has 0 bridgehead atoms. The molecule has 2 rings (SSSR count). The molecule has 0 atom stereocenters. The highest BCUT2D eigenvalue weighted by molar-refractivity contribution is 7.22. The van der Waals surface area contributed by atoms with E-state index in [2.05, 4.69) is 0 Å². The lowest BCUT2D eigenvalue weighted by Crippen LogP contribution is -1.87. The van der Waals surface area contributed by atoms with Gasteiger partial charge in [-0.05, 0) is 18.6 Å². The number of nitrogens with two attached hydrogens (primary N) is 1. The Bertz CT molecular complexity index is 476. The van der Waals surface area contributed by atoms with E-state index in [9.17, 15) is 8.78 Å². The van der Waals surface area contributed by atoms with Gasteiger partial charge < -0.3 is 5.73 Å². The van der Waals surface area contributed by atoms with E-state index in [-0.39, 0.29) is 5.56 Å². The van der Waals surface area contributed by atoms with E-state index in [1.54, 1.807) is 13.0 Å². The molecule has 0 saturated heterocycles. The quantitative estimate of drug-likeness (QED) is 0.767. The van der Waals surface area contributed by atoms with Crippen LogP contribution in [0.2, 0.25) is 0 Å². The Kier molecular flexibility index (Phi) is 2.15. The molecule has 0 radical (unpaired) electrons. The van der Waals surface area contributed by atoms with E-state index in [1.165, 1.54) is 17.4 Å². The van der Waals surface area contributed by atoms with Crippen LogP contribution in [0.15, 0.2) is 18.2 Å². The van der Waals surface area contributed by atoms with E-state index in [0.29, 0.717) is 10.4 Å². The summed E-state index contributed by atoms with van der Waals surface area (Å²) in [6.45, 7) is 1.78. The minimum atomic E-state index is -2.44. The van der Waals surface area contributed by atoms with Gasteiger partial charge in [0, 0.05) is 15.6 Å². The number of rotatable bonds is 1. The Balaban J connectivity index is 2.84. The van der Waals surface area contributed by atoms with Gasteiger partial charge in [-0.2, -0.15) is 0 Å². The van der Waals surface area contributed by atoms with Gasteiger partial charge in [-0.15, -0.1) is 11.3 Å². The Morgan fingerprint density at radius 2 is 2.07 bits per heavy atom. The van der Waals surface area contributed by atoms with Gasteiger partial charge in [-0.1, -0.05) is 12.1 Å². The van der Waals surface area contributed by atoms with Crippen molar-refractivity contribution < 1.29 is 8.78 Å². The first kappa shape index (κ1) is 9.40. The van der Waals surface area contributed by atoms with Crippen LogP contribution in [0.5, 0.6) is 0 Å². The molecule has 14 heavy (non-hydrogen) atoms. The van der Waals surface area contributed by atoms with Gasteiger partial charge >= 0.3 is 0 Å². The van der Waals surface area contributed by atoms with Crippen molar-refractivity contribution in [2.75, 3.05) is 5.73 Å². The lowest BCUT2D eigenvalue weighted by Gasteiger charge is -2.02. The number of fused-ring (bicyclic) bond motifs is 1. The molecule has 1 heterocycles. The van der Waals surface area contributed by atoms with E-state index >= 15 is 0 Å². The zero-order valence-corrected chi connectivity index (χ0v) is 8.37. The van der Waals surface area contributed by atoms with Gasteiger partial charge in [0.25, 0.3) is 6.43 Å². The van der Waals surface area contributed by atoms with Crippen LogP contribution >= 0.6 is 11.3 Å². The topological polar surface area (TPSA) is 26.0 Å². The van der Waals surface area contributed by atoms with E-state index in [0.717, 1.165) is 10.3 Å². The van der Waals surface area contributed by atoms with E-state index in [1.807, 2.05) is 6.07 Å². The second-order valence-electron chi connectivity index (χ2n) is 3.11. The Morgan fingerprint density at radius 1 is 1.36 bits per heavy atom. The Morgan fingerprint density at radius 3 is 2.71 bits per heavy atom. The molecule has 4 heteroatoms. The standard InChI is InChI=1S/C10H9F2NS/c1-5-8-6(9(11)12)3-2-4-7(8)14-10(5)13/h2-4,9H,13H2,1H3. The third-order valence-corrected chi connectivity index (χ3v) is 3.34. The molecule has 1 aromatic carbocycles. The highest BCUT2D eigenvalue weighted by atomic mass is 32.1. The van der Waals surface area contributed by atoms with Crippen molar-refractivity contribution in [1.29, 1.82) is 0 Å². The summed E-state index contributed by atoms with van der Waals surface area (Å²) >= 11 is 1.35. The van der Waals surface area contributed by atoms with E-state index in [4.69, 9.17) is 5.73 Å². The fourth-order valence-electron chi connectivity index (χ4n) is 1.53. The maximum atomic E-state index is 12.7. The van der Waals surface area contributed by atoms with Crippen molar-refractivity contribution in [3.63, 3.8) is 0 Å². The monoisotopic (exact) mass is 213 g/mol. The SMILES string of the molecule is Cc1c(N)sc2cccc(C(F)F)c12. The molecular weight excluding hydrogens is 204 g/mol. The number of hydrogen-bond acceptors (Lipinski definition) is 2. The molecule has 0 amide bonds. The van der Waals surface area contributed by atoms with Crippen LogP contribution in [0.25, 0.3) is 10.1 Å². The fraction of sp³-hybridized carbons (Fsp3) is 0.200. The predicted molar refractivity (Wildman–Crippen MR) is 55.9 cm³/mol. The lowest BCUT2D eigenvalue weighted by molar-refractivity contribution is 0.153. The number of alkyl halides is 2. The maximum absolute atomic E-state index is 12.7. The van der Waals surface area contributed by atoms with Crippen LogP contribution in [0.3, 0.4) is 0 Å². The molecule has 1 nitrogen and oxygen atoms in total. The molecule has 0 aliphatic carbocycles. The first-order chi connectivity index (χ1) is 6.61. The summed E-state index contributed by atoms with van der Waals surface area (Å²) < 4.78 is 26.1. The van der Waals surface area contributed by atoms with Crippen LogP contribution in [-0.4, -0.2) is 0 Å². The summed E-state index contributed by atoms with van der Waals surface area (Å²) in [4.78, 5) is 0. The zero-order valence-electron chi connectivity index (χ0n) is 7.55. The summed E-state index contributed by atoms with van der Waals surface area (Å²) in [7, 11) is 0. The minimum Gasteiger partial charge on any atom is -0.390 e. The first-order valence-electron chi connectivity index (χ1n) is 4.17. The molecule has 0 spiro atoms. The van der Waals surface area contributed by atoms with Crippen molar-refractivity contribution in [3.8, 4) is 0 Å². The van der Waals surface area contributed by atoms with Crippen molar-refractivity contribution in [3.05, 3.63) is 29.3 Å². The van der Waals surface area contributed by atoms with Crippen LogP contribution in [-0.2, 0) is 0 Å². The summed E-state index contributed by atoms with van der Waals surface area (Å²) in [5, 5.41) is 1.23. The molecule has 2 N–H and O–H groups in total. The average Bonchev–Trinajstić information content (AvgIpc) is 2.43. The van der Waals surface area contributed by atoms with Crippen LogP contribution in [0.4, 0.5) is 13.8 Å². The van der Waals surface area contributed by atoms with Gasteiger partial charge in [0.2, 0.25) is 0 Å². The van der Waals surface area contributed by atoms with Crippen molar-refractivity contribution in [1.82, 2.24) is 0 Å². The normalized spacial score (nSPS) is 11.4. The van der Waals surface area contributed by atoms with Gasteiger partial charge in [-0.25, -0.2) is 8.78 Å². The van der Waals surface area contributed by atoms with Crippen molar-refractivity contribution in [2.24, 2.45) is 0 Å². The van der Waals surface area contributed by atoms with E-state index < -0.39 is 6.43 Å². The second-order valence-corrected chi connectivity index (χ2v) is 4.20. The highest BCUT2D eigenvalue weighted by Crippen LogP contribution is 2.38. The van der Waals surface area contributed by atoms with Crippen molar-refractivity contribution in [2.45, 2.75) is 13.3 Å². The Hall–Kier alpha value is -1.16. The van der Waals surface area contributed by atoms with Crippen molar-refractivity contribution >= 4 is 26.4 Å². The minimum absolute atomic E-state index is 0.0768. The molecule has 0 aliphatic rings. The summed E-state index contributed by atoms with van der Waals surface area (Å²) in [6, 6.07) is 4.90. The number of hydrogen-bond donors (Lipinski definition) is 1. The number of anilines is 1. The van der Waals surface area contributed by atoms with Crippen LogP contribution < -0.4 is 5.73 Å². The second kappa shape index (κ2) is 3.20. The summed E-state index contributed by atoms with van der Waals surface area (Å²) in [5.41, 5.74) is 6.54. The molecule has 74 valence electrons. The summed E-state index contributed by atoms with van der Waals surface area (Å²) in [6.07, 6.45) is -2.44. The van der Waals surface area contributed by atoms with Gasteiger partial charge in [-0.3, -0.25) is 0 Å². The summed E-state index contributed by atoms with van der Waals surface area (Å²) in [5.74, 6) is 0. The average molecular weight is 213 g/mol. The largest absolute Gasteiger partial charge is 0.390 e. The third-order valence-electron chi connectivity index (χ3n) is 2.26. The van der Waals surface area contributed by atoms with Gasteiger partial charge in [0.05, 0.1) is 5.00 Å². The first-order valence-corrected chi connectivity index (χ1v) is 4.98. The fourth-order valence-corrected chi connectivity index (χ4v) is 2.55. The third kappa shape index (κ3) is 1.26. The predicted octanol–water partition coefficient (Wildman–Crippen LogP) is 3.73. The van der Waals surface area contributed by atoms with Gasteiger partial charge in [0.1, 0.15) is 0 Å². The number of benzene rings is 1. The zero-order chi connectivity index (χ0) is 10.3. The molecule has 0 saturated carbocycles. The number of aryl methyl sites for hydroxylation is 1. The van der Waals surface area contributed by atoms with Crippen LogP contribution in [0, 0.1) is 6.92 Å². The molecule has 0 unspecified atom stereocenters. The number of nitrogen functional groups attached to an aromatic ring is 1. The lowest BCUT2D eigenvalue weighted by atomic mass is 10.1. The maximum Gasteiger partial charge on any atom is 0.264 e.